The number of thiophene rings is 1. The maximum absolute atomic E-state index is 10.0. The Hall–Kier alpha value is -1.19. The Morgan fingerprint density at radius 3 is 3.19 bits per heavy atom. The van der Waals surface area contributed by atoms with Gasteiger partial charge in [0.1, 0.15) is 0 Å². The summed E-state index contributed by atoms with van der Waals surface area (Å²) in [6, 6.07) is 4.00. The first-order chi connectivity index (χ1) is 7.70. The molecule has 0 aliphatic heterocycles. The lowest BCUT2D eigenvalue weighted by molar-refractivity contribution is 0.177. The van der Waals surface area contributed by atoms with Crippen LogP contribution in [0.5, 0.6) is 0 Å². The molecule has 0 aromatic carbocycles. The van der Waals surface area contributed by atoms with Gasteiger partial charge in [-0.1, -0.05) is 19.1 Å². The fraction of sp³-hybridized carbons (Fsp3) is 0.308. The van der Waals surface area contributed by atoms with Crippen LogP contribution < -0.4 is 0 Å². The van der Waals surface area contributed by atoms with E-state index in [-0.39, 0.29) is 0 Å². The first-order valence-electron chi connectivity index (χ1n) is 5.38. The van der Waals surface area contributed by atoms with Gasteiger partial charge < -0.3 is 5.11 Å². The van der Waals surface area contributed by atoms with Gasteiger partial charge in [0.15, 0.2) is 0 Å². The third-order valence-corrected chi connectivity index (χ3v) is 3.54. The molecule has 1 unspecified atom stereocenters. The maximum atomic E-state index is 10.0. The van der Waals surface area contributed by atoms with Crippen molar-refractivity contribution >= 4 is 21.6 Å². The average Bonchev–Trinajstić information content (AvgIpc) is 2.75. The van der Waals surface area contributed by atoms with Gasteiger partial charge in [0, 0.05) is 11.8 Å². The highest BCUT2D eigenvalue weighted by atomic mass is 32.1. The van der Waals surface area contributed by atoms with Gasteiger partial charge in [0.2, 0.25) is 0 Å². The summed E-state index contributed by atoms with van der Waals surface area (Å²) >= 11 is 1.65. The van der Waals surface area contributed by atoms with Crippen LogP contribution in [0.15, 0.2) is 35.9 Å². The Labute approximate surface area is 99.3 Å². The van der Waals surface area contributed by atoms with Gasteiger partial charge in [0.25, 0.3) is 0 Å². The van der Waals surface area contributed by atoms with Crippen molar-refractivity contribution in [2.24, 2.45) is 0 Å². The molecule has 0 saturated carbocycles. The van der Waals surface area contributed by atoms with Crippen LogP contribution >= 0.6 is 11.3 Å². The zero-order chi connectivity index (χ0) is 11.5. The van der Waals surface area contributed by atoms with Gasteiger partial charge >= 0.3 is 0 Å². The van der Waals surface area contributed by atoms with Gasteiger partial charge in [-0.3, -0.25) is 4.98 Å². The highest BCUT2D eigenvalue weighted by Crippen LogP contribution is 2.26. The lowest BCUT2D eigenvalue weighted by Gasteiger charge is -2.11. The van der Waals surface area contributed by atoms with Crippen molar-refractivity contribution in [1.82, 2.24) is 4.98 Å². The van der Waals surface area contributed by atoms with E-state index in [1.165, 1.54) is 0 Å². The molecule has 0 bridgehead atoms. The second kappa shape index (κ2) is 4.76. The van der Waals surface area contributed by atoms with Crippen LogP contribution in [-0.2, 0) is 0 Å². The molecule has 0 aliphatic carbocycles. The Morgan fingerprint density at radius 1 is 1.62 bits per heavy atom. The van der Waals surface area contributed by atoms with E-state index in [0.717, 1.165) is 27.8 Å². The van der Waals surface area contributed by atoms with E-state index < -0.39 is 6.10 Å². The summed E-state index contributed by atoms with van der Waals surface area (Å²) in [5, 5.41) is 12.0. The molecule has 2 aromatic rings. The summed E-state index contributed by atoms with van der Waals surface area (Å²) in [5.74, 6) is 0. The molecule has 0 aliphatic rings. The molecule has 2 heterocycles. The van der Waals surface area contributed by atoms with Crippen LogP contribution in [0.3, 0.4) is 0 Å². The van der Waals surface area contributed by atoms with Crippen LogP contribution in [0.2, 0.25) is 0 Å². The number of nitrogens with zero attached hydrogens (tertiary/aromatic N) is 1. The molecule has 1 N–H and O–H groups in total. The van der Waals surface area contributed by atoms with Crippen LogP contribution in [0.4, 0.5) is 0 Å². The summed E-state index contributed by atoms with van der Waals surface area (Å²) in [4.78, 5) is 4.32. The number of hydrogen-bond donors (Lipinski definition) is 1. The summed E-state index contributed by atoms with van der Waals surface area (Å²) in [5.41, 5.74) is 2.94. The zero-order valence-electron chi connectivity index (χ0n) is 9.31. The largest absolute Gasteiger partial charge is 0.388 e. The molecule has 84 valence electrons. The maximum Gasteiger partial charge on any atom is 0.0842 e. The Kier molecular flexibility index (Phi) is 3.36. The number of aliphatic hydroxyl groups is 1. The highest BCUT2D eigenvalue weighted by molar-refractivity contribution is 7.17. The standard InChI is InChI=1S/C13H15NOS/c1-3-9(2)6-12(15)10-7-13-11(14-8-10)4-5-16-13/h4-5,7-8,12,15H,2-3,6H2,1H3. The summed E-state index contributed by atoms with van der Waals surface area (Å²) < 4.78 is 1.12. The van der Waals surface area contributed by atoms with E-state index in [2.05, 4.69) is 18.5 Å². The highest BCUT2D eigenvalue weighted by Gasteiger charge is 2.10. The van der Waals surface area contributed by atoms with Gasteiger partial charge in [-0.2, -0.15) is 0 Å². The van der Waals surface area contributed by atoms with Crippen LogP contribution in [0.25, 0.3) is 10.2 Å². The minimum absolute atomic E-state index is 0.480. The molecule has 2 rings (SSSR count). The fourth-order valence-electron chi connectivity index (χ4n) is 1.58. The van der Waals surface area contributed by atoms with E-state index in [9.17, 15) is 5.11 Å². The number of rotatable bonds is 4. The van der Waals surface area contributed by atoms with E-state index >= 15 is 0 Å². The molecule has 16 heavy (non-hydrogen) atoms. The molecule has 0 amide bonds. The van der Waals surface area contributed by atoms with Crippen molar-refractivity contribution in [3.8, 4) is 0 Å². The molecule has 0 saturated heterocycles. The predicted octanol–water partition coefficient (Wildman–Crippen LogP) is 3.69. The second-order valence-corrected chi connectivity index (χ2v) is 4.84. The van der Waals surface area contributed by atoms with Gasteiger partial charge in [0.05, 0.1) is 16.3 Å². The van der Waals surface area contributed by atoms with Crippen molar-refractivity contribution < 1.29 is 5.11 Å². The Balaban J connectivity index is 2.22. The summed E-state index contributed by atoms with van der Waals surface area (Å²) in [6.45, 7) is 5.96. The third kappa shape index (κ3) is 2.31. The number of pyridine rings is 1. The molecule has 3 heteroatoms. The molecule has 2 nitrogen and oxygen atoms in total. The quantitative estimate of drug-likeness (QED) is 0.817. The van der Waals surface area contributed by atoms with E-state index in [1.807, 2.05) is 17.5 Å². The zero-order valence-corrected chi connectivity index (χ0v) is 10.1. The Morgan fingerprint density at radius 2 is 2.44 bits per heavy atom. The smallest absolute Gasteiger partial charge is 0.0842 e. The van der Waals surface area contributed by atoms with Gasteiger partial charge in [-0.25, -0.2) is 0 Å². The minimum Gasteiger partial charge on any atom is -0.388 e. The van der Waals surface area contributed by atoms with E-state index in [4.69, 9.17) is 0 Å². The predicted molar refractivity (Wildman–Crippen MR) is 68.6 cm³/mol. The number of aliphatic hydroxyl groups excluding tert-OH is 1. The van der Waals surface area contributed by atoms with Crippen LogP contribution in [0, 0.1) is 0 Å². The molecular formula is C13H15NOS. The molecule has 0 spiro atoms. The van der Waals surface area contributed by atoms with Crippen LogP contribution in [-0.4, -0.2) is 10.1 Å². The van der Waals surface area contributed by atoms with Crippen molar-refractivity contribution in [2.45, 2.75) is 25.9 Å². The molecule has 2 aromatic heterocycles. The van der Waals surface area contributed by atoms with E-state index in [1.54, 1.807) is 17.5 Å². The van der Waals surface area contributed by atoms with Crippen LogP contribution in [0.1, 0.15) is 31.4 Å². The summed E-state index contributed by atoms with van der Waals surface area (Å²) in [7, 11) is 0. The lowest BCUT2D eigenvalue weighted by atomic mass is 10.0. The van der Waals surface area contributed by atoms with E-state index in [0.29, 0.717) is 6.42 Å². The monoisotopic (exact) mass is 233 g/mol. The number of fused-ring (bicyclic) bond motifs is 1. The average molecular weight is 233 g/mol. The fourth-order valence-corrected chi connectivity index (χ4v) is 2.37. The van der Waals surface area contributed by atoms with Crippen molar-refractivity contribution in [3.05, 3.63) is 41.4 Å². The number of aromatic nitrogens is 1. The molecule has 1 atom stereocenters. The van der Waals surface area contributed by atoms with Crippen molar-refractivity contribution in [3.63, 3.8) is 0 Å². The van der Waals surface area contributed by atoms with Gasteiger partial charge in [-0.05, 0) is 30.4 Å². The third-order valence-electron chi connectivity index (χ3n) is 2.69. The lowest BCUT2D eigenvalue weighted by Crippen LogP contribution is -1.99. The minimum atomic E-state index is -0.480. The normalized spacial score (nSPS) is 12.9. The van der Waals surface area contributed by atoms with Gasteiger partial charge in [-0.15, -0.1) is 11.3 Å². The van der Waals surface area contributed by atoms with Crippen molar-refractivity contribution in [1.29, 1.82) is 0 Å². The number of hydrogen-bond acceptors (Lipinski definition) is 3. The summed E-state index contributed by atoms with van der Waals surface area (Å²) in [6.07, 6.45) is 2.80. The Bertz CT molecular complexity index is 503. The first-order valence-corrected chi connectivity index (χ1v) is 6.26. The first kappa shape index (κ1) is 11.3. The molecular weight excluding hydrogens is 218 g/mol. The molecule has 0 radical (unpaired) electrons. The second-order valence-electron chi connectivity index (χ2n) is 3.90. The molecule has 0 fully saturated rings. The SMILES string of the molecule is C=C(CC)CC(O)c1cnc2ccsc2c1. The topological polar surface area (TPSA) is 33.1 Å². The van der Waals surface area contributed by atoms with Crippen molar-refractivity contribution in [2.75, 3.05) is 0 Å².